The summed E-state index contributed by atoms with van der Waals surface area (Å²) in [5, 5.41) is 4.18. The zero-order chi connectivity index (χ0) is 16.1. The van der Waals surface area contributed by atoms with Gasteiger partial charge in [0.05, 0.1) is 12.0 Å². The number of thioether (sulfide) groups is 1. The third kappa shape index (κ3) is 2.35. The first-order valence-corrected chi connectivity index (χ1v) is 9.65. The van der Waals surface area contributed by atoms with Crippen molar-refractivity contribution < 1.29 is 9.32 Å². The lowest BCUT2D eigenvalue weighted by Crippen LogP contribution is -2.35. The van der Waals surface area contributed by atoms with Crippen LogP contribution in [0.15, 0.2) is 33.7 Å². The van der Waals surface area contributed by atoms with Crippen LogP contribution in [0.2, 0.25) is 0 Å². The number of rotatable bonds is 3. The highest BCUT2D eigenvalue weighted by atomic mass is 32.2. The fourth-order valence-corrected chi connectivity index (χ4v) is 4.96. The van der Waals surface area contributed by atoms with Crippen LogP contribution in [0, 0.1) is 0 Å². The summed E-state index contributed by atoms with van der Waals surface area (Å²) < 4.78 is 5.41. The first-order chi connectivity index (χ1) is 11.8. The van der Waals surface area contributed by atoms with Gasteiger partial charge in [-0.3, -0.25) is 4.79 Å². The summed E-state index contributed by atoms with van der Waals surface area (Å²) >= 11 is 1.78. The predicted molar refractivity (Wildman–Crippen MR) is 89.9 cm³/mol. The lowest BCUT2D eigenvalue weighted by Gasteiger charge is -2.25. The summed E-state index contributed by atoms with van der Waals surface area (Å²) in [5.41, 5.74) is 1.17. The van der Waals surface area contributed by atoms with Crippen LogP contribution in [-0.2, 0) is 4.79 Å². The Morgan fingerprint density at radius 2 is 2.12 bits per heavy atom. The molecular weight excluding hydrogens is 322 g/mol. The highest BCUT2D eigenvalue weighted by Crippen LogP contribution is 2.43. The molecule has 0 spiro atoms. The van der Waals surface area contributed by atoms with Crippen molar-refractivity contribution in [3.8, 4) is 0 Å². The predicted octanol–water partition coefficient (Wildman–Crippen LogP) is 3.50. The maximum absolute atomic E-state index is 13.2. The minimum atomic E-state index is -0.0402. The van der Waals surface area contributed by atoms with Crippen molar-refractivity contribution >= 4 is 17.7 Å². The maximum atomic E-state index is 13.2. The number of amides is 1. The Balaban J connectivity index is 1.40. The van der Waals surface area contributed by atoms with Crippen molar-refractivity contribution in [2.45, 2.75) is 48.5 Å². The fraction of sp³-hybridized carbons (Fsp3) is 0.500. The molecule has 1 aromatic heterocycles. The maximum Gasteiger partial charge on any atom is 0.231 e. The van der Waals surface area contributed by atoms with Gasteiger partial charge >= 0.3 is 0 Å². The van der Waals surface area contributed by atoms with E-state index in [1.807, 2.05) is 17.0 Å². The second-order valence-corrected chi connectivity index (χ2v) is 7.92. The molecule has 1 amide bonds. The van der Waals surface area contributed by atoms with E-state index in [4.69, 9.17) is 4.52 Å². The molecule has 0 N–H and O–H groups in total. The van der Waals surface area contributed by atoms with Crippen LogP contribution >= 0.6 is 11.8 Å². The molecular formula is C18H19N3O2S. The van der Waals surface area contributed by atoms with E-state index < -0.39 is 0 Å². The van der Waals surface area contributed by atoms with Crippen LogP contribution in [0.25, 0.3) is 0 Å². The van der Waals surface area contributed by atoms with Crippen molar-refractivity contribution in [1.82, 2.24) is 15.0 Å². The van der Waals surface area contributed by atoms with E-state index in [-0.39, 0.29) is 17.9 Å². The van der Waals surface area contributed by atoms with Crippen molar-refractivity contribution in [1.29, 1.82) is 0 Å². The van der Waals surface area contributed by atoms with Crippen molar-refractivity contribution in [3.63, 3.8) is 0 Å². The number of benzene rings is 1. The van der Waals surface area contributed by atoms with Gasteiger partial charge in [0.2, 0.25) is 11.8 Å². The standard InChI is InChI=1S/C18H19N3O2S/c22-18(13-10-24-15-6-2-1-4-12(13)15)21-9-3-5-14(21)16-19-17(23-20-16)11-7-8-11/h1-2,4,6,11,13-14H,3,5,7-10H2/t13-,14+/m1/s1. The number of aromatic nitrogens is 2. The molecule has 124 valence electrons. The Bertz CT molecular complexity index is 786. The zero-order valence-corrected chi connectivity index (χ0v) is 14.2. The first-order valence-electron chi connectivity index (χ1n) is 8.67. The van der Waals surface area contributed by atoms with E-state index in [1.165, 1.54) is 10.5 Å². The molecule has 0 unspecified atom stereocenters. The Labute approximate surface area is 144 Å². The molecule has 3 heterocycles. The molecule has 1 aliphatic carbocycles. The molecule has 1 saturated heterocycles. The largest absolute Gasteiger partial charge is 0.339 e. The minimum Gasteiger partial charge on any atom is -0.339 e. The molecule has 3 aliphatic rings. The molecule has 24 heavy (non-hydrogen) atoms. The average Bonchev–Trinajstić information content (AvgIpc) is 3.06. The van der Waals surface area contributed by atoms with Gasteiger partial charge < -0.3 is 9.42 Å². The minimum absolute atomic E-state index is 0.0217. The number of hydrogen-bond acceptors (Lipinski definition) is 5. The lowest BCUT2D eigenvalue weighted by atomic mass is 9.99. The van der Waals surface area contributed by atoms with E-state index in [0.717, 1.165) is 43.9 Å². The van der Waals surface area contributed by atoms with Crippen LogP contribution < -0.4 is 0 Å². The molecule has 2 fully saturated rings. The van der Waals surface area contributed by atoms with Gasteiger partial charge in [0.15, 0.2) is 5.82 Å². The third-order valence-electron chi connectivity index (χ3n) is 5.22. The van der Waals surface area contributed by atoms with E-state index in [1.54, 1.807) is 11.8 Å². The molecule has 2 aliphatic heterocycles. The van der Waals surface area contributed by atoms with E-state index in [9.17, 15) is 4.79 Å². The number of carbonyl (C=O) groups is 1. The summed E-state index contributed by atoms with van der Waals surface area (Å²) in [6, 6.07) is 8.23. The second kappa shape index (κ2) is 5.62. The molecule has 1 saturated carbocycles. The van der Waals surface area contributed by atoms with Crippen molar-refractivity contribution in [2.24, 2.45) is 0 Å². The highest BCUT2D eigenvalue weighted by Gasteiger charge is 2.40. The summed E-state index contributed by atoms with van der Waals surface area (Å²) in [5.74, 6) is 2.91. The van der Waals surface area contributed by atoms with Crippen LogP contribution in [0.4, 0.5) is 0 Å². The van der Waals surface area contributed by atoms with Gasteiger partial charge in [0.25, 0.3) is 0 Å². The Kier molecular flexibility index (Phi) is 3.40. The van der Waals surface area contributed by atoms with Gasteiger partial charge in [0, 0.05) is 23.1 Å². The monoisotopic (exact) mass is 341 g/mol. The molecule has 0 bridgehead atoms. The second-order valence-electron chi connectivity index (χ2n) is 6.86. The molecule has 5 rings (SSSR count). The Morgan fingerprint density at radius 3 is 3.00 bits per heavy atom. The van der Waals surface area contributed by atoms with Gasteiger partial charge in [-0.1, -0.05) is 23.4 Å². The van der Waals surface area contributed by atoms with Crippen LogP contribution in [0.3, 0.4) is 0 Å². The molecule has 6 heteroatoms. The van der Waals surface area contributed by atoms with Gasteiger partial charge in [-0.05, 0) is 37.3 Å². The fourth-order valence-electron chi connectivity index (χ4n) is 3.74. The number of likely N-dealkylation sites (tertiary alicyclic amines) is 1. The lowest BCUT2D eigenvalue weighted by molar-refractivity contribution is -0.133. The topological polar surface area (TPSA) is 59.2 Å². The van der Waals surface area contributed by atoms with Crippen LogP contribution in [0.5, 0.6) is 0 Å². The number of nitrogens with zero attached hydrogens (tertiary/aromatic N) is 3. The Hall–Kier alpha value is -1.82. The average molecular weight is 341 g/mol. The van der Waals surface area contributed by atoms with Gasteiger partial charge in [-0.25, -0.2) is 0 Å². The van der Waals surface area contributed by atoms with Gasteiger partial charge in [0.1, 0.15) is 0 Å². The molecule has 2 atom stereocenters. The quantitative estimate of drug-likeness (QED) is 0.855. The van der Waals surface area contributed by atoms with Crippen LogP contribution in [-0.4, -0.2) is 33.2 Å². The summed E-state index contributed by atoms with van der Waals surface area (Å²) in [7, 11) is 0. The molecule has 1 aromatic carbocycles. The number of carbonyl (C=O) groups excluding carboxylic acids is 1. The first kappa shape index (κ1) is 14.5. The third-order valence-corrected chi connectivity index (χ3v) is 6.40. The summed E-state index contributed by atoms with van der Waals surface area (Å²) in [6.45, 7) is 0.792. The van der Waals surface area contributed by atoms with E-state index in [2.05, 4.69) is 22.3 Å². The van der Waals surface area contributed by atoms with E-state index >= 15 is 0 Å². The number of hydrogen-bond donors (Lipinski definition) is 0. The summed E-state index contributed by atoms with van der Waals surface area (Å²) in [4.78, 5) is 21.0. The Morgan fingerprint density at radius 1 is 1.25 bits per heavy atom. The normalized spacial score (nSPS) is 25.9. The highest BCUT2D eigenvalue weighted by molar-refractivity contribution is 7.99. The molecule has 2 aromatic rings. The molecule has 5 nitrogen and oxygen atoms in total. The van der Waals surface area contributed by atoms with E-state index in [0.29, 0.717) is 11.7 Å². The van der Waals surface area contributed by atoms with Gasteiger partial charge in [-0.2, -0.15) is 4.98 Å². The van der Waals surface area contributed by atoms with Crippen molar-refractivity contribution in [2.75, 3.05) is 12.3 Å². The SMILES string of the molecule is O=C([C@@H]1CSc2ccccc21)N1CCC[C@H]1c1noc(C2CC2)n1. The number of fused-ring (bicyclic) bond motifs is 1. The van der Waals surface area contributed by atoms with Crippen molar-refractivity contribution in [3.05, 3.63) is 41.5 Å². The van der Waals surface area contributed by atoms with Gasteiger partial charge in [-0.15, -0.1) is 11.8 Å². The van der Waals surface area contributed by atoms with Crippen LogP contribution in [0.1, 0.15) is 60.8 Å². The smallest absolute Gasteiger partial charge is 0.231 e. The molecule has 0 radical (unpaired) electrons. The summed E-state index contributed by atoms with van der Waals surface area (Å²) in [6.07, 6.45) is 4.22. The zero-order valence-electron chi connectivity index (χ0n) is 13.4.